The molecule has 0 fully saturated rings. The highest BCUT2D eigenvalue weighted by molar-refractivity contribution is 7.07. The van der Waals surface area contributed by atoms with Crippen molar-refractivity contribution in [3.63, 3.8) is 0 Å². The van der Waals surface area contributed by atoms with Crippen LogP contribution in [0.2, 0.25) is 5.02 Å². The molecule has 0 amide bonds. The third-order valence-corrected chi connectivity index (χ3v) is 7.74. The Morgan fingerprint density at radius 3 is 2.34 bits per heavy atom. The number of aromatic nitrogens is 1. The molecule has 208 valence electrons. The van der Waals surface area contributed by atoms with Gasteiger partial charge >= 0.3 is 11.9 Å². The van der Waals surface area contributed by atoms with Crippen LogP contribution in [0, 0.1) is 0 Å². The lowest BCUT2D eigenvalue weighted by atomic mass is 9.96. The van der Waals surface area contributed by atoms with Crippen molar-refractivity contribution < 1.29 is 23.8 Å². The predicted octanol–water partition coefficient (Wildman–Crippen LogP) is 4.68. The van der Waals surface area contributed by atoms with E-state index < -0.39 is 18.0 Å². The third kappa shape index (κ3) is 5.73. The van der Waals surface area contributed by atoms with Crippen molar-refractivity contribution in [1.82, 2.24) is 4.57 Å². The summed E-state index contributed by atoms with van der Waals surface area (Å²) < 4.78 is 18.0. The Hall–Kier alpha value is -4.47. The zero-order chi connectivity index (χ0) is 29.1. The molecule has 4 aromatic rings. The van der Waals surface area contributed by atoms with E-state index in [1.807, 2.05) is 12.1 Å². The lowest BCUT2D eigenvalue weighted by Crippen LogP contribution is -2.39. The minimum Gasteiger partial charge on any atom is -0.497 e. The van der Waals surface area contributed by atoms with Gasteiger partial charge in [-0.25, -0.2) is 14.6 Å². The molecule has 8 nitrogen and oxygen atoms in total. The molecule has 0 radical (unpaired) electrons. The molecule has 1 atom stereocenters. The van der Waals surface area contributed by atoms with Gasteiger partial charge in [-0.3, -0.25) is 9.36 Å². The molecule has 3 aromatic carbocycles. The molecule has 2 heterocycles. The first kappa shape index (κ1) is 28.1. The van der Waals surface area contributed by atoms with Gasteiger partial charge < -0.3 is 14.2 Å². The average Bonchev–Trinajstić information content (AvgIpc) is 3.27. The Balaban J connectivity index is 1.51. The van der Waals surface area contributed by atoms with E-state index in [4.69, 9.17) is 25.8 Å². The molecular formula is C31H25ClN2O6S. The summed E-state index contributed by atoms with van der Waals surface area (Å²) in [6.07, 6.45) is 1.73. The standard InChI is InChI=1S/C31H25ClN2O6S/c1-4-39-30(37)26-18(2)33-31-34(27(26)20-11-15-21(38-3)16-12-20)28(35)25(41-31)17-19-9-13-22(14-10-19)40-29(36)23-7-5-6-8-24(23)32/h5-17,27H,4H2,1-3H3/b25-17+/t27-/m0/s1. The number of carbonyl (C=O) groups is 2. The first-order valence-electron chi connectivity index (χ1n) is 12.7. The monoisotopic (exact) mass is 588 g/mol. The lowest BCUT2D eigenvalue weighted by molar-refractivity contribution is -0.139. The Labute approximate surface area is 244 Å². The maximum absolute atomic E-state index is 13.8. The summed E-state index contributed by atoms with van der Waals surface area (Å²) in [7, 11) is 1.57. The van der Waals surface area contributed by atoms with Gasteiger partial charge in [0.15, 0.2) is 4.80 Å². The lowest BCUT2D eigenvalue weighted by Gasteiger charge is -2.24. The number of halogens is 1. The summed E-state index contributed by atoms with van der Waals surface area (Å²) in [6.45, 7) is 3.66. The van der Waals surface area contributed by atoms with Crippen molar-refractivity contribution in [2.45, 2.75) is 19.9 Å². The second-order valence-electron chi connectivity index (χ2n) is 9.01. The molecule has 1 aliphatic heterocycles. The van der Waals surface area contributed by atoms with Crippen LogP contribution in [0.15, 0.2) is 93.9 Å². The molecule has 1 aromatic heterocycles. The maximum atomic E-state index is 13.8. The van der Waals surface area contributed by atoms with Crippen molar-refractivity contribution in [3.05, 3.63) is 125 Å². The summed E-state index contributed by atoms with van der Waals surface area (Å²) in [5, 5.41) is 0.304. The van der Waals surface area contributed by atoms with Crippen LogP contribution in [0.25, 0.3) is 6.08 Å². The Morgan fingerprint density at radius 2 is 1.68 bits per heavy atom. The van der Waals surface area contributed by atoms with Crippen molar-refractivity contribution in [1.29, 1.82) is 0 Å². The number of ether oxygens (including phenoxy) is 3. The van der Waals surface area contributed by atoms with Crippen LogP contribution < -0.4 is 24.4 Å². The van der Waals surface area contributed by atoms with Gasteiger partial charge in [0.2, 0.25) is 0 Å². The Kier molecular flexibility index (Phi) is 8.19. The molecule has 5 rings (SSSR count). The van der Waals surface area contributed by atoms with Gasteiger partial charge in [-0.05, 0) is 67.4 Å². The zero-order valence-electron chi connectivity index (χ0n) is 22.4. The summed E-state index contributed by atoms with van der Waals surface area (Å²) in [5.41, 5.74) is 2.21. The van der Waals surface area contributed by atoms with E-state index in [0.29, 0.717) is 37.1 Å². The quantitative estimate of drug-likeness (QED) is 0.230. The van der Waals surface area contributed by atoms with E-state index in [1.54, 1.807) is 87.7 Å². The van der Waals surface area contributed by atoms with Crippen LogP contribution in [0.4, 0.5) is 0 Å². The number of hydrogen-bond donors (Lipinski definition) is 0. The van der Waals surface area contributed by atoms with Crippen LogP contribution in [0.3, 0.4) is 0 Å². The third-order valence-electron chi connectivity index (χ3n) is 6.43. The number of hydrogen-bond acceptors (Lipinski definition) is 8. The SMILES string of the molecule is CCOC(=O)C1=C(C)N=c2s/c(=C/c3ccc(OC(=O)c4ccccc4Cl)cc3)c(=O)n2[C@H]1c1ccc(OC)cc1. The molecule has 0 aliphatic carbocycles. The van der Waals surface area contributed by atoms with Gasteiger partial charge in [0.25, 0.3) is 5.56 Å². The van der Waals surface area contributed by atoms with Crippen LogP contribution >= 0.6 is 22.9 Å². The number of benzene rings is 3. The van der Waals surface area contributed by atoms with Crippen molar-refractivity contribution in [3.8, 4) is 11.5 Å². The summed E-state index contributed by atoms with van der Waals surface area (Å²) in [4.78, 5) is 44.3. The number of fused-ring (bicyclic) bond motifs is 1. The number of thiazole rings is 1. The highest BCUT2D eigenvalue weighted by Crippen LogP contribution is 2.31. The van der Waals surface area contributed by atoms with E-state index in [9.17, 15) is 14.4 Å². The number of methoxy groups -OCH3 is 1. The molecule has 10 heteroatoms. The minimum atomic E-state index is -0.718. The summed E-state index contributed by atoms with van der Waals surface area (Å²) in [5.74, 6) is -0.1000. The topological polar surface area (TPSA) is 96.2 Å². The smallest absolute Gasteiger partial charge is 0.345 e. The number of allylic oxidation sites excluding steroid dienone is 1. The van der Waals surface area contributed by atoms with Crippen LogP contribution in [-0.4, -0.2) is 30.2 Å². The van der Waals surface area contributed by atoms with Gasteiger partial charge in [-0.2, -0.15) is 0 Å². The van der Waals surface area contributed by atoms with E-state index in [2.05, 4.69) is 4.99 Å². The van der Waals surface area contributed by atoms with E-state index in [1.165, 1.54) is 15.9 Å². The fraction of sp³-hybridized carbons (Fsp3) is 0.161. The van der Waals surface area contributed by atoms with E-state index >= 15 is 0 Å². The fourth-order valence-electron chi connectivity index (χ4n) is 4.47. The number of carbonyl (C=O) groups excluding carboxylic acids is 2. The Morgan fingerprint density at radius 1 is 1.00 bits per heavy atom. The van der Waals surface area contributed by atoms with Crippen LogP contribution in [0.1, 0.15) is 41.4 Å². The van der Waals surface area contributed by atoms with Gasteiger partial charge in [0.1, 0.15) is 11.5 Å². The summed E-state index contributed by atoms with van der Waals surface area (Å²) >= 11 is 7.32. The first-order valence-corrected chi connectivity index (χ1v) is 13.9. The van der Waals surface area contributed by atoms with Gasteiger partial charge in [0, 0.05) is 0 Å². The number of esters is 2. The number of rotatable bonds is 7. The highest BCUT2D eigenvalue weighted by atomic mass is 35.5. The molecule has 1 aliphatic rings. The molecule has 0 N–H and O–H groups in total. The summed E-state index contributed by atoms with van der Waals surface area (Å²) in [6, 6.07) is 19.9. The van der Waals surface area contributed by atoms with Crippen molar-refractivity contribution in [2.75, 3.05) is 13.7 Å². The largest absolute Gasteiger partial charge is 0.497 e. The molecule has 0 unspecified atom stereocenters. The molecule has 0 saturated carbocycles. The molecular weight excluding hydrogens is 564 g/mol. The highest BCUT2D eigenvalue weighted by Gasteiger charge is 2.33. The second-order valence-corrected chi connectivity index (χ2v) is 10.4. The van der Waals surface area contributed by atoms with Crippen molar-refractivity contribution >= 4 is 41.0 Å². The van der Waals surface area contributed by atoms with Crippen LogP contribution in [0.5, 0.6) is 11.5 Å². The predicted molar refractivity (Wildman–Crippen MR) is 156 cm³/mol. The molecule has 41 heavy (non-hydrogen) atoms. The molecule has 0 saturated heterocycles. The van der Waals surface area contributed by atoms with Gasteiger partial charge in [0.05, 0.1) is 46.1 Å². The average molecular weight is 589 g/mol. The van der Waals surface area contributed by atoms with Crippen molar-refractivity contribution in [2.24, 2.45) is 4.99 Å². The molecule has 0 bridgehead atoms. The zero-order valence-corrected chi connectivity index (χ0v) is 24.0. The first-order chi connectivity index (χ1) is 19.8. The van der Waals surface area contributed by atoms with E-state index in [0.717, 1.165) is 11.1 Å². The van der Waals surface area contributed by atoms with Crippen LogP contribution in [-0.2, 0) is 9.53 Å². The fourth-order valence-corrected chi connectivity index (χ4v) is 5.72. The van der Waals surface area contributed by atoms with Gasteiger partial charge in [-0.15, -0.1) is 0 Å². The second kappa shape index (κ2) is 12.0. The Bertz CT molecular complexity index is 1840. The normalized spacial score (nSPS) is 14.7. The number of nitrogens with zero attached hydrogens (tertiary/aromatic N) is 2. The van der Waals surface area contributed by atoms with E-state index in [-0.39, 0.29) is 17.7 Å². The maximum Gasteiger partial charge on any atom is 0.345 e. The molecule has 0 spiro atoms. The minimum absolute atomic E-state index is 0.194. The van der Waals surface area contributed by atoms with Gasteiger partial charge in [-0.1, -0.05) is 59.3 Å².